The number of fused-ring (bicyclic) bond motifs is 1. The van der Waals surface area contributed by atoms with Gasteiger partial charge in [-0.25, -0.2) is 9.38 Å². The van der Waals surface area contributed by atoms with Gasteiger partial charge in [-0.15, -0.1) is 0 Å². The Morgan fingerprint density at radius 2 is 1.81 bits per heavy atom. The Morgan fingerprint density at radius 1 is 1.00 bits per heavy atom. The van der Waals surface area contributed by atoms with Crippen LogP contribution < -0.4 is 24.8 Å². The minimum atomic E-state index is -0.236. The average Bonchev–Trinajstić information content (AvgIpc) is 3.18. The number of aromatic amines is 1. The fourth-order valence-corrected chi connectivity index (χ4v) is 3.47. The van der Waals surface area contributed by atoms with E-state index in [1.165, 1.54) is 6.07 Å². The van der Waals surface area contributed by atoms with Crippen LogP contribution >= 0.6 is 0 Å². The first-order valence-corrected chi connectivity index (χ1v) is 10.2. The first-order valence-electron chi connectivity index (χ1n) is 10.2. The molecule has 1 aromatic heterocycles. The van der Waals surface area contributed by atoms with E-state index >= 15 is 0 Å². The van der Waals surface area contributed by atoms with Gasteiger partial charge in [0.2, 0.25) is 5.75 Å². The molecule has 1 heterocycles. The Bertz CT molecular complexity index is 1050. The van der Waals surface area contributed by atoms with Gasteiger partial charge >= 0.3 is 0 Å². The normalized spacial score (nSPS) is 11.5. The molecule has 166 valence electrons. The van der Waals surface area contributed by atoms with Gasteiger partial charge in [0.15, 0.2) is 17.5 Å². The lowest BCUT2D eigenvalue weighted by atomic mass is 10.1. The number of hydrogen-bond donors (Lipinski definition) is 3. The maximum Gasteiger partial charge on any atom is 0.203 e. The van der Waals surface area contributed by atoms with Crippen molar-refractivity contribution in [3.8, 4) is 17.2 Å². The van der Waals surface area contributed by atoms with Crippen LogP contribution in [-0.4, -0.2) is 45.4 Å². The minimum absolute atomic E-state index is 0.236. The highest BCUT2D eigenvalue weighted by molar-refractivity contribution is 5.83. The van der Waals surface area contributed by atoms with E-state index in [9.17, 15) is 4.39 Å². The lowest BCUT2D eigenvalue weighted by Gasteiger charge is -2.15. The van der Waals surface area contributed by atoms with Crippen molar-refractivity contribution in [1.29, 1.82) is 0 Å². The summed E-state index contributed by atoms with van der Waals surface area (Å²) in [6.45, 7) is 3.79. The summed E-state index contributed by atoms with van der Waals surface area (Å²) in [7, 11) is 4.76. The fraction of sp³-hybridized carbons (Fsp3) is 0.348. The molecule has 0 aliphatic heterocycles. The molecule has 0 radical (unpaired) electrons. The molecule has 3 aromatic rings. The third kappa shape index (κ3) is 5.20. The number of guanidine groups is 1. The number of methoxy groups -OCH3 is 3. The van der Waals surface area contributed by atoms with Crippen LogP contribution in [0.25, 0.3) is 10.9 Å². The number of nitrogens with one attached hydrogen (secondary N) is 3. The van der Waals surface area contributed by atoms with E-state index in [1.807, 2.05) is 25.3 Å². The highest BCUT2D eigenvalue weighted by atomic mass is 19.1. The van der Waals surface area contributed by atoms with E-state index < -0.39 is 0 Å². The van der Waals surface area contributed by atoms with E-state index in [2.05, 4.69) is 20.6 Å². The zero-order valence-corrected chi connectivity index (χ0v) is 18.3. The first kappa shape index (κ1) is 22.3. The molecule has 0 bridgehead atoms. The lowest BCUT2D eigenvalue weighted by molar-refractivity contribution is 0.322. The summed E-state index contributed by atoms with van der Waals surface area (Å²) in [5.41, 5.74) is 2.86. The summed E-state index contributed by atoms with van der Waals surface area (Å²) in [5, 5.41) is 7.48. The maximum absolute atomic E-state index is 13.6. The number of nitrogens with zero attached hydrogens (tertiary/aromatic N) is 1. The van der Waals surface area contributed by atoms with Gasteiger partial charge in [-0.3, -0.25) is 0 Å². The maximum atomic E-state index is 13.6. The largest absolute Gasteiger partial charge is 0.493 e. The summed E-state index contributed by atoms with van der Waals surface area (Å²) < 4.78 is 29.9. The topological polar surface area (TPSA) is 79.9 Å². The fourth-order valence-electron chi connectivity index (χ4n) is 3.47. The van der Waals surface area contributed by atoms with Crippen LogP contribution in [0, 0.1) is 5.82 Å². The Morgan fingerprint density at radius 3 is 2.52 bits per heavy atom. The second-order valence-corrected chi connectivity index (χ2v) is 6.87. The molecule has 3 N–H and O–H groups in total. The highest BCUT2D eigenvalue weighted by Gasteiger charge is 2.15. The summed E-state index contributed by atoms with van der Waals surface area (Å²) in [4.78, 5) is 7.85. The summed E-state index contributed by atoms with van der Waals surface area (Å²) in [6, 6.07) is 8.52. The van der Waals surface area contributed by atoms with Crippen molar-refractivity contribution in [3.05, 3.63) is 53.5 Å². The van der Waals surface area contributed by atoms with Crippen LogP contribution in [0.4, 0.5) is 4.39 Å². The Labute approximate surface area is 181 Å². The standard InChI is InChI=1S/C23H29FN4O3/c1-5-25-23(26-11-10-15-13-27-19-8-7-17(24)12-18(15)19)28-14-16-6-9-20(29-2)22(31-4)21(16)30-3/h6-9,12-13,27H,5,10-11,14H2,1-4H3,(H2,25,26,28). The SMILES string of the molecule is CCNC(=NCc1ccc(OC)c(OC)c1OC)NCCc1c[nH]c2ccc(F)cc12. The monoisotopic (exact) mass is 428 g/mol. The third-order valence-electron chi connectivity index (χ3n) is 4.95. The Hall–Kier alpha value is -3.42. The van der Waals surface area contributed by atoms with Gasteiger partial charge in [-0.05, 0) is 49.2 Å². The molecule has 0 fully saturated rings. The van der Waals surface area contributed by atoms with Crippen molar-refractivity contribution in [2.75, 3.05) is 34.4 Å². The van der Waals surface area contributed by atoms with Crippen molar-refractivity contribution in [2.45, 2.75) is 19.9 Å². The Kier molecular flexibility index (Phi) is 7.59. The molecular formula is C23H29FN4O3. The first-order chi connectivity index (χ1) is 15.1. The highest BCUT2D eigenvalue weighted by Crippen LogP contribution is 2.39. The Balaban J connectivity index is 1.70. The van der Waals surface area contributed by atoms with E-state index in [0.29, 0.717) is 36.3 Å². The molecule has 0 atom stereocenters. The van der Waals surface area contributed by atoms with Crippen molar-refractivity contribution >= 4 is 16.9 Å². The number of H-pyrrole nitrogens is 1. The van der Waals surface area contributed by atoms with Gasteiger partial charge in [0, 0.05) is 35.8 Å². The summed E-state index contributed by atoms with van der Waals surface area (Å²) >= 11 is 0. The predicted octanol–water partition coefficient (Wildman–Crippen LogP) is 3.63. The van der Waals surface area contributed by atoms with Crippen LogP contribution in [0.3, 0.4) is 0 Å². The van der Waals surface area contributed by atoms with Gasteiger partial charge in [0.1, 0.15) is 5.82 Å². The van der Waals surface area contributed by atoms with E-state index in [4.69, 9.17) is 14.2 Å². The third-order valence-corrected chi connectivity index (χ3v) is 4.95. The number of aromatic nitrogens is 1. The summed E-state index contributed by atoms with van der Waals surface area (Å²) in [6.07, 6.45) is 2.65. The number of benzene rings is 2. The van der Waals surface area contributed by atoms with Gasteiger partial charge < -0.3 is 29.8 Å². The molecular weight excluding hydrogens is 399 g/mol. The van der Waals surface area contributed by atoms with Gasteiger partial charge in [0.25, 0.3) is 0 Å². The molecule has 2 aromatic carbocycles. The molecule has 31 heavy (non-hydrogen) atoms. The van der Waals surface area contributed by atoms with E-state index in [-0.39, 0.29) is 5.82 Å². The molecule has 7 nitrogen and oxygen atoms in total. The van der Waals surface area contributed by atoms with Crippen molar-refractivity contribution < 1.29 is 18.6 Å². The zero-order chi connectivity index (χ0) is 22.2. The van der Waals surface area contributed by atoms with Crippen molar-refractivity contribution in [2.24, 2.45) is 4.99 Å². The minimum Gasteiger partial charge on any atom is -0.493 e. The van der Waals surface area contributed by atoms with Gasteiger partial charge in [-0.1, -0.05) is 0 Å². The number of halogens is 1. The van der Waals surface area contributed by atoms with Crippen LogP contribution in [0.2, 0.25) is 0 Å². The van der Waals surface area contributed by atoms with Crippen LogP contribution in [0.5, 0.6) is 17.2 Å². The smallest absolute Gasteiger partial charge is 0.203 e. The number of ether oxygens (including phenoxy) is 3. The predicted molar refractivity (Wildman–Crippen MR) is 121 cm³/mol. The van der Waals surface area contributed by atoms with Crippen molar-refractivity contribution in [3.63, 3.8) is 0 Å². The van der Waals surface area contributed by atoms with Gasteiger partial charge in [-0.2, -0.15) is 0 Å². The molecule has 0 aliphatic rings. The number of aliphatic imine (C=N–C) groups is 1. The molecule has 0 saturated carbocycles. The van der Waals surface area contributed by atoms with Crippen LogP contribution in [0.1, 0.15) is 18.1 Å². The molecule has 0 saturated heterocycles. The van der Waals surface area contributed by atoms with Gasteiger partial charge in [0.05, 0.1) is 27.9 Å². The average molecular weight is 429 g/mol. The molecule has 0 amide bonds. The second kappa shape index (κ2) is 10.6. The second-order valence-electron chi connectivity index (χ2n) is 6.87. The molecule has 8 heteroatoms. The van der Waals surface area contributed by atoms with E-state index in [0.717, 1.165) is 35.0 Å². The molecule has 3 rings (SSSR count). The van der Waals surface area contributed by atoms with Crippen LogP contribution in [0.15, 0.2) is 41.5 Å². The van der Waals surface area contributed by atoms with Crippen LogP contribution in [-0.2, 0) is 13.0 Å². The zero-order valence-electron chi connectivity index (χ0n) is 18.3. The van der Waals surface area contributed by atoms with Crippen molar-refractivity contribution in [1.82, 2.24) is 15.6 Å². The lowest BCUT2D eigenvalue weighted by Crippen LogP contribution is -2.38. The summed E-state index contributed by atoms with van der Waals surface area (Å²) in [5.74, 6) is 2.20. The number of hydrogen-bond acceptors (Lipinski definition) is 4. The van der Waals surface area contributed by atoms with E-state index in [1.54, 1.807) is 33.5 Å². The molecule has 0 aliphatic carbocycles. The number of rotatable bonds is 9. The molecule has 0 spiro atoms. The quantitative estimate of drug-likeness (QED) is 0.358. The molecule has 0 unspecified atom stereocenters.